The van der Waals surface area contributed by atoms with Crippen molar-refractivity contribution in [2.24, 2.45) is 17.8 Å². The summed E-state index contributed by atoms with van der Waals surface area (Å²) in [5.41, 5.74) is 0. The minimum Gasteiger partial charge on any atom is -0.0654 e. The Kier molecular flexibility index (Phi) is 7.41. The number of hydrogen-bond donors (Lipinski definition) is 0. The third-order valence-corrected chi connectivity index (χ3v) is 3.27. The van der Waals surface area contributed by atoms with Gasteiger partial charge in [-0.3, -0.25) is 0 Å². The van der Waals surface area contributed by atoms with Crippen LogP contribution in [0.15, 0.2) is 0 Å². The van der Waals surface area contributed by atoms with Crippen LogP contribution in [-0.4, -0.2) is 0 Å². The second-order valence-corrected chi connectivity index (χ2v) is 4.87. The van der Waals surface area contributed by atoms with Gasteiger partial charge in [-0.1, -0.05) is 60.3 Å². The highest BCUT2D eigenvalue weighted by Crippen LogP contribution is 2.25. The maximum absolute atomic E-state index is 2.42. The van der Waals surface area contributed by atoms with Gasteiger partial charge in [0, 0.05) is 0 Å². The fourth-order valence-electron chi connectivity index (χ4n) is 2.22. The van der Waals surface area contributed by atoms with Gasteiger partial charge in [-0.2, -0.15) is 0 Å². The molecule has 80 valence electrons. The third kappa shape index (κ3) is 6.12. The second-order valence-electron chi connectivity index (χ2n) is 4.87. The van der Waals surface area contributed by atoms with Crippen molar-refractivity contribution in [3.05, 3.63) is 0 Å². The molecule has 0 nitrogen and oxygen atoms in total. The van der Waals surface area contributed by atoms with E-state index >= 15 is 0 Å². The summed E-state index contributed by atoms with van der Waals surface area (Å²) in [7, 11) is 0. The van der Waals surface area contributed by atoms with E-state index in [1.807, 2.05) is 0 Å². The van der Waals surface area contributed by atoms with Crippen molar-refractivity contribution in [2.45, 2.75) is 66.7 Å². The second kappa shape index (κ2) is 7.41. The van der Waals surface area contributed by atoms with Crippen molar-refractivity contribution in [3.63, 3.8) is 0 Å². The van der Waals surface area contributed by atoms with Crippen molar-refractivity contribution < 1.29 is 0 Å². The maximum Gasteiger partial charge on any atom is -0.0414 e. The molecule has 0 aromatic carbocycles. The molecule has 13 heavy (non-hydrogen) atoms. The highest BCUT2D eigenvalue weighted by atomic mass is 14.2. The quantitative estimate of drug-likeness (QED) is 0.528. The summed E-state index contributed by atoms with van der Waals surface area (Å²) in [4.78, 5) is 0. The molecule has 0 bridgehead atoms. The molecule has 0 rings (SSSR count). The maximum atomic E-state index is 2.42. The third-order valence-electron chi connectivity index (χ3n) is 3.27. The van der Waals surface area contributed by atoms with E-state index < -0.39 is 0 Å². The van der Waals surface area contributed by atoms with Gasteiger partial charge in [0.2, 0.25) is 0 Å². The van der Waals surface area contributed by atoms with Gasteiger partial charge in [-0.15, -0.1) is 0 Å². The molecule has 0 aromatic rings. The van der Waals surface area contributed by atoms with E-state index in [2.05, 4.69) is 34.6 Å². The molecule has 0 aromatic heterocycles. The van der Waals surface area contributed by atoms with Crippen LogP contribution in [-0.2, 0) is 0 Å². The highest BCUT2D eigenvalue weighted by Gasteiger charge is 2.14. The first-order valence-corrected chi connectivity index (χ1v) is 6.11. The zero-order valence-electron chi connectivity index (χ0n) is 10.3. The zero-order valence-corrected chi connectivity index (χ0v) is 10.3. The molecule has 0 heterocycles. The summed E-state index contributed by atoms with van der Waals surface area (Å²) in [6.07, 6.45) is 6.92. The fourth-order valence-corrected chi connectivity index (χ4v) is 2.22. The number of rotatable bonds is 7. The highest BCUT2D eigenvalue weighted by molar-refractivity contribution is 4.65. The summed E-state index contributed by atoms with van der Waals surface area (Å²) in [6, 6.07) is 0. The normalized spacial score (nSPS) is 18.2. The van der Waals surface area contributed by atoms with Crippen LogP contribution in [0.3, 0.4) is 0 Å². The lowest BCUT2D eigenvalue weighted by Crippen LogP contribution is -2.11. The van der Waals surface area contributed by atoms with E-state index in [1.165, 1.54) is 32.1 Å². The predicted molar refractivity (Wildman–Crippen MR) is 61.9 cm³/mol. The zero-order chi connectivity index (χ0) is 10.3. The molecule has 0 unspecified atom stereocenters. The summed E-state index contributed by atoms with van der Waals surface area (Å²) >= 11 is 0. The van der Waals surface area contributed by atoms with E-state index in [0.717, 1.165) is 17.8 Å². The van der Waals surface area contributed by atoms with Gasteiger partial charge < -0.3 is 0 Å². The van der Waals surface area contributed by atoms with Crippen LogP contribution in [0.25, 0.3) is 0 Å². The molecule has 0 amide bonds. The Balaban J connectivity index is 3.64. The molecule has 0 aliphatic carbocycles. The molecule has 3 atom stereocenters. The van der Waals surface area contributed by atoms with Crippen LogP contribution < -0.4 is 0 Å². The topological polar surface area (TPSA) is 0 Å². The van der Waals surface area contributed by atoms with Crippen molar-refractivity contribution in [3.8, 4) is 0 Å². The van der Waals surface area contributed by atoms with E-state index in [-0.39, 0.29) is 0 Å². The molecule has 0 radical (unpaired) electrons. The van der Waals surface area contributed by atoms with Gasteiger partial charge in [0.15, 0.2) is 0 Å². The van der Waals surface area contributed by atoms with Crippen LogP contribution in [0.1, 0.15) is 66.7 Å². The van der Waals surface area contributed by atoms with Gasteiger partial charge in [-0.05, 0) is 24.2 Å². The van der Waals surface area contributed by atoms with E-state index in [1.54, 1.807) is 0 Å². The smallest absolute Gasteiger partial charge is 0.0414 e. The summed E-state index contributed by atoms with van der Waals surface area (Å²) in [5.74, 6) is 2.77. The monoisotopic (exact) mass is 184 g/mol. The Labute approximate surface area is 85.1 Å². The lowest BCUT2D eigenvalue weighted by molar-refractivity contribution is 0.289. The van der Waals surface area contributed by atoms with Crippen LogP contribution in [0, 0.1) is 17.8 Å². The minimum atomic E-state index is 0.918. The van der Waals surface area contributed by atoms with E-state index in [0.29, 0.717) is 0 Å². The summed E-state index contributed by atoms with van der Waals surface area (Å²) < 4.78 is 0. The SMILES string of the molecule is CCC[C@H](C)C[C@H](C)[C@H](C)CCC. The molecule has 0 saturated carbocycles. The largest absolute Gasteiger partial charge is 0.0654 e. The Bertz CT molecular complexity index is 107. The Morgan fingerprint density at radius 1 is 0.769 bits per heavy atom. The Morgan fingerprint density at radius 2 is 1.31 bits per heavy atom. The Hall–Kier alpha value is 0. The van der Waals surface area contributed by atoms with Crippen molar-refractivity contribution in [1.29, 1.82) is 0 Å². The van der Waals surface area contributed by atoms with Gasteiger partial charge >= 0.3 is 0 Å². The molecule has 0 saturated heterocycles. The van der Waals surface area contributed by atoms with E-state index in [4.69, 9.17) is 0 Å². The van der Waals surface area contributed by atoms with Crippen LogP contribution in [0.5, 0.6) is 0 Å². The first kappa shape index (κ1) is 13.0. The van der Waals surface area contributed by atoms with Crippen molar-refractivity contribution in [1.82, 2.24) is 0 Å². The van der Waals surface area contributed by atoms with Crippen molar-refractivity contribution in [2.75, 3.05) is 0 Å². The molecular weight excluding hydrogens is 156 g/mol. The molecule has 0 aliphatic heterocycles. The van der Waals surface area contributed by atoms with Gasteiger partial charge in [-0.25, -0.2) is 0 Å². The average molecular weight is 184 g/mol. The lowest BCUT2D eigenvalue weighted by atomic mass is 9.84. The molecule has 0 fully saturated rings. The summed E-state index contributed by atoms with van der Waals surface area (Å²) in [5, 5.41) is 0. The van der Waals surface area contributed by atoms with Gasteiger partial charge in [0.05, 0.1) is 0 Å². The average Bonchev–Trinajstić information content (AvgIpc) is 2.05. The van der Waals surface area contributed by atoms with Gasteiger partial charge in [0.1, 0.15) is 0 Å². The molecular formula is C13H28. The molecule has 0 aliphatic rings. The Morgan fingerprint density at radius 3 is 1.77 bits per heavy atom. The molecule has 0 heteroatoms. The number of hydrogen-bond acceptors (Lipinski definition) is 0. The van der Waals surface area contributed by atoms with Crippen LogP contribution >= 0.6 is 0 Å². The predicted octanol–water partition coefficient (Wildman–Crippen LogP) is 4.89. The fraction of sp³-hybridized carbons (Fsp3) is 1.00. The first-order chi connectivity index (χ1) is 6.11. The summed E-state index contributed by atoms with van der Waals surface area (Å²) in [6.45, 7) is 11.8. The first-order valence-electron chi connectivity index (χ1n) is 6.11. The standard InChI is InChI=1S/C13H28/c1-6-8-11(3)10-13(5)12(4)9-7-2/h11-13H,6-10H2,1-5H3/t11-,12+,13-/m0/s1. The van der Waals surface area contributed by atoms with E-state index in [9.17, 15) is 0 Å². The molecule has 0 N–H and O–H groups in total. The minimum absolute atomic E-state index is 0.918. The van der Waals surface area contributed by atoms with Crippen LogP contribution in [0.2, 0.25) is 0 Å². The van der Waals surface area contributed by atoms with Crippen molar-refractivity contribution >= 4 is 0 Å². The van der Waals surface area contributed by atoms with Crippen LogP contribution in [0.4, 0.5) is 0 Å². The van der Waals surface area contributed by atoms with Gasteiger partial charge in [0.25, 0.3) is 0 Å². The molecule has 0 spiro atoms. The lowest BCUT2D eigenvalue weighted by Gasteiger charge is -2.22.